The molecule has 0 atom stereocenters. The van der Waals surface area contributed by atoms with Crippen molar-refractivity contribution in [2.24, 2.45) is 0 Å². The first-order valence-electron chi connectivity index (χ1n) is 9.33. The predicted molar refractivity (Wildman–Crippen MR) is 112 cm³/mol. The number of benzene rings is 2. The normalized spacial score (nSPS) is 10.7. The third kappa shape index (κ3) is 5.35. The van der Waals surface area contributed by atoms with E-state index in [-0.39, 0.29) is 17.5 Å². The second-order valence-electron chi connectivity index (χ2n) is 6.27. The largest absolute Gasteiger partial charge is 0.496 e. The van der Waals surface area contributed by atoms with Crippen LogP contribution in [-0.2, 0) is 17.8 Å². The van der Waals surface area contributed by atoms with Gasteiger partial charge in [0.1, 0.15) is 11.6 Å². The topological polar surface area (TPSA) is 69.0 Å². The molecule has 0 fully saturated rings. The van der Waals surface area contributed by atoms with Crippen LogP contribution in [0.3, 0.4) is 0 Å². The zero-order valence-corrected chi connectivity index (χ0v) is 17.2. The van der Waals surface area contributed by atoms with Gasteiger partial charge in [0.05, 0.1) is 18.4 Å². The monoisotopic (exact) mass is 414 g/mol. The molecule has 3 aromatic rings. The molecule has 1 N–H and O–H groups in total. The molecule has 1 heterocycles. The van der Waals surface area contributed by atoms with Crippen LogP contribution in [0.2, 0.25) is 0 Å². The maximum atomic E-state index is 12.9. The number of amides is 1. The molecular formula is C21H23FN4O2S. The quantitative estimate of drug-likeness (QED) is 0.542. The summed E-state index contributed by atoms with van der Waals surface area (Å²) in [5, 5.41) is 12.1. The van der Waals surface area contributed by atoms with E-state index in [4.69, 9.17) is 4.74 Å². The molecule has 0 saturated heterocycles. The Balaban J connectivity index is 1.57. The molecule has 0 aliphatic carbocycles. The summed E-state index contributed by atoms with van der Waals surface area (Å²) in [6, 6.07) is 13.9. The maximum Gasteiger partial charge on any atom is 0.230 e. The van der Waals surface area contributed by atoms with Crippen molar-refractivity contribution in [1.29, 1.82) is 0 Å². The van der Waals surface area contributed by atoms with E-state index in [1.807, 2.05) is 35.8 Å². The molecular weight excluding hydrogens is 391 g/mol. The molecule has 0 spiro atoms. The van der Waals surface area contributed by atoms with Crippen molar-refractivity contribution in [1.82, 2.24) is 20.1 Å². The number of rotatable bonds is 9. The Labute approximate surface area is 173 Å². The Kier molecular flexibility index (Phi) is 7.24. The molecule has 0 aliphatic heterocycles. The number of nitrogens with one attached hydrogen (secondary N) is 1. The number of hydrogen-bond donors (Lipinski definition) is 1. The fourth-order valence-corrected chi connectivity index (χ4v) is 3.72. The number of carbonyl (C=O) groups is 1. The molecule has 3 rings (SSSR count). The lowest BCUT2D eigenvalue weighted by Gasteiger charge is -2.10. The van der Waals surface area contributed by atoms with E-state index in [1.165, 1.54) is 23.9 Å². The van der Waals surface area contributed by atoms with E-state index in [1.54, 1.807) is 19.2 Å². The predicted octanol–water partition coefficient (Wildman–Crippen LogP) is 3.56. The summed E-state index contributed by atoms with van der Waals surface area (Å²) in [6.07, 6.45) is 0.653. The van der Waals surface area contributed by atoms with Gasteiger partial charge in [0.2, 0.25) is 5.91 Å². The Hall–Kier alpha value is -2.87. The maximum absolute atomic E-state index is 12.9. The molecule has 6 nitrogen and oxygen atoms in total. The Morgan fingerprint density at radius 2 is 1.93 bits per heavy atom. The first-order valence-corrected chi connectivity index (χ1v) is 10.3. The first-order chi connectivity index (χ1) is 14.1. The summed E-state index contributed by atoms with van der Waals surface area (Å²) in [5.41, 5.74) is 1.84. The Bertz CT molecular complexity index is 960. The van der Waals surface area contributed by atoms with E-state index >= 15 is 0 Å². The SMILES string of the molecule is CCn1c(SCC(=O)NCCc2ccc(F)cc2)nnc1-c1ccccc1OC. The van der Waals surface area contributed by atoms with Crippen molar-refractivity contribution < 1.29 is 13.9 Å². The van der Waals surface area contributed by atoms with Gasteiger partial charge < -0.3 is 14.6 Å². The van der Waals surface area contributed by atoms with Crippen LogP contribution in [-0.4, -0.2) is 40.1 Å². The minimum atomic E-state index is -0.262. The van der Waals surface area contributed by atoms with E-state index in [2.05, 4.69) is 15.5 Å². The molecule has 0 radical (unpaired) electrons. The third-order valence-electron chi connectivity index (χ3n) is 4.36. The van der Waals surface area contributed by atoms with Gasteiger partial charge in [-0.2, -0.15) is 0 Å². The number of nitrogens with zero attached hydrogens (tertiary/aromatic N) is 3. The van der Waals surface area contributed by atoms with Gasteiger partial charge in [0.15, 0.2) is 11.0 Å². The van der Waals surface area contributed by atoms with E-state index in [0.717, 1.165) is 16.9 Å². The molecule has 0 unspecified atom stereocenters. The van der Waals surface area contributed by atoms with Gasteiger partial charge in [-0.25, -0.2) is 4.39 Å². The van der Waals surface area contributed by atoms with Crippen LogP contribution < -0.4 is 10.1 Å². The highest BCUT2D eigenvalue weighted by atomic mass is 32.2. The van der Waals surface area contributed by atoms with Crippen LogP contribution in [0.15, 0.2) is 53.7 Å². The number of para-hydroxylation sites is 1. The lowest BCUT2D eigenvalue weighted by Crippen LogP contribution is -2.27. The highest BCUT2D eigenvalue weighted by Gasteiger charge is 2.17. The van der Waals surface area contributed by atoms with Crippen molar-refractivity contribution in [2.75, 3.05) is 19.4 Å². The summed E-state index contributed by atoms with van der Waals surface area (Å²) in [7, 11) is 1.62. The Morgan fingerprint density at radius 1 is 1.17 bits per heavy atom. The van der Waals surface area contributed by atoms with Crippen LogP contribution in [0.1, 0.15) is 12.5 Å². The molecule has 0 saturated carbocycles. The standard InChI is InChI=1S/C21H23FN4O2S/c1-3-26-20(17-6-4-5-7-18(17)28-2)24-25-21(26)29-14-19(27)23-13-12-15-8-10-16(22)11-9-15/h4-11H,3,12-14H2,1-2H3,(H,23,27). The van der Waals surface area contributed by atoms with Crippen LogP contribution >= 0.6 is 11.8 Å². The van der Waals surface area contributed by atoms with Gasteiger partial charge in [-0.1, -0.05) is 36.0 Å². The molecule has 1 amide bonds. The first kappa shape index (κ1) is 20.9. The highest BCUT2D eigenvalue weighted by molar-refractivity contribution is 7.99. The van der Waals surface area contributed by atoms with E-state index < -0.39 is 0 Å². The molecule has 8 heteroatoms. The zero-order valence-electron chi connectivity index (χ0n) is 16.4. The zero-order chi connectivity index (χ0) is 20.6. The number of methoxy groups -OCH3 is 1. The fraction of sp³-hybridized carbons (Fsp3) is 0.286. The average Bonchev–Trinajstić information content (AvgIpc) is 3.16. The fourth-order valence-electron chi connectivity index (χ4n) is 2.89. The number of hydrogen-bond acceptors (Lipinski definition) is 5. The van der Waals surface area contributed by atoms with E-state index in [9.17, 15) is 9.18 Å². The van der Waals surface area contributed by atoms with Crippen molar-refractivity contribution in [3.63, 3.8) is 0 Å². The number of halogens is 1. The molecule has 152 valence electrons. The van der Waals surface area contributed by atoms with Gasteiger partial charge >= 0.3 is 0 Å². The van der Waals surface area contributed by atoms with Gasteiger partial charge in [0.25, 0.3) is 0 Å². The molecule has 0 bridgehead atoms. The van der Waals surface area contributed by atoms with E-state index in [0.29, 0.717) is 30.5 Å². The van der Waals surface area contributed by atoms with Gasteiger partial charge in [-0.05, 0) is 43.2 Å². The molecule has 29 heavy (non-hydrogen) atoms. The summed E-state index contributed by atoms with van der Waals surface area (Å²) >= 11 is 1.34. The lowest BCUT2D eigenvalue weighted by molar-refractivity contribution is -0.118. The second-order valence-corrected chi connectivity index (χ2v) is 7.21. The molecule has 2 aromatic carbocycles. The third-order valence-corrected chi connectivity index (χ3v) is 5.33. The average molecular weight is 415 g/mol. The highest BCUT2D eigenvalue weighted by Crippen LogP contribution is 2.30. The minimum Gasteiger partial charge on any atom is -0.496 e. The Morgan fingerprint density at radius 3 is 2.66 bits per heavy atom. The van der Waals surface area contributed by atoms with Crippen molar-refractivity contribution in [2.45, 2.75) is 25.0 Å². The number of ether oxygens (including phenoxy) is 1. The minimum absolute atomic E-state index is 0.0818. The van der Waals surface area contributed by atoms with Gasteiger partial charge in [-0.15, -0.1) is 10.2 Å². The van der Waals surface area contributed by atoms with Crippen molar-refractivity contribution in [3.8, 4) is 17.1 Å². The van der Waals surface area contributed by atoms with Gasteiger partial charge in [-0.3, -0.25) is 4.79 Å². The number of thioether (sulfide) groups is 1. The lowest BCUT2D eigenvalue weighted by atomic mass is 10.1. The second kappa shape index (κ2) is 10.1. The smallest absolute Gasteiger partial charge is 0.230 e. The summed E-state index contributed by atoms with van der Waals surface area (Å²) in [6.45, 7) is 3.18. The van der Waals surface area contributed by atoms with Gasteiger partial charge in [0, 0.05) is 13.1 Å². The van der Waals surface area contributed by atoms with Crippen LogP contribution in [0.5, 0.6) is 5.75 Å². The summed E-state index contributed by atoms with van der Waals surface area (Å²) in [4.78, 5) is 12.2. The van der Waals surface area contributed by atoms with Crippen molar-refractivity contribution >= 4 is 17.7 Å². The van der Waals surface area contributed by atoms with Crippen LogP contribution in [0.25, 0.3) is 11.4 Å². The summed E-state index contributed by atoms with van der Waals surface area (Å²) in [5.74, 6) is 1.34. The summed E-state index contributed by atoms with van der Waals surface area (Å²) < 4.78 is 20.3. The van der Waals surface area contributed by atoms with Crippen LogP contribution in [0, 0.1) is 5.82 Å². The molecule has 0 aliphatic rings. The number of aromatic nitrogens is 3. The number of carbonyl (C=O) groups excluding carboxylic acids is 1. The van der Waals surface area contributed by atoms with Crippen LogP contribution in [0.4, 0.5) is 4.39 Å². The molecule has 1 aromatic heterocycles. The van der Waals surface area contributed by atoms with Crippen molar-refractivity contribution in [3.05, 3.63) is 59.9 Å².